The van der Waals surface area contributed by atoms with Gasteiger partial charge in [0.15, 0.2) is 0 Å². The second-order valence-electron chi connectivity index (χ2n) is 4.76. The van der Waals surface area contributed by atoms with E-state index in [0.29, 0.717) is 18.8 Å². The highest BCUT2D eigenvalue weighted by atomic mass is 16.5. The van der Waals surface area contributed by atoms with Crippen LogP contribution >= 0.6 is 0 Å². The van der Waals surface area contributed by atoms with Gasteiger partial charge in [-0.1, -0.05) is 6.92 Å². The van der Waals surface area contributed by atoms with Gasteiger partial charge in [0.25, 0.3) is 0 Å². The number of benzene rings is 1. The monoisotopic (exact) mass is 303 g/mol. The fourth-order valence-electron chi connectivity index (χ4n) is 2.26. The Kier molecular flexibility index (Phi) is 5.41. The summed E-state index contributed by atoms with van der Waals surface area (Å²) in [6.45, 7) is 2.96. The Labute approximate surface area is 129 Å². The Hall–Kier alpha value is -2.50. The molecule has 0 bridgehead atoms. The molecule has 0 aliphatic carbocycles. The molecular weight excluding hydrogens is 282 g/mol. The van der Waals surface area contributed by atoms with Gasteiger partial charge in [0.2, 0.25) is 0 Å². The maximum Gasteiger partial charge on any atom is 0.315 e. The molecule has 0 radical (unpaired) electrons. The highest BCUT2D eigenvalue weighted by molar-refractivity contribution is 5.95. The highest BCUT2D eigenvalue weighted by Crippen LogP contribution is 2.34. The first kappa shape index (κ1) is 15.9. The van der Waals surface area contributed by atoms with Gasteiger partial charge in [0.05, 0.1) is 31.8 Å². The molecule has 1 aromatic carbocycles. The summed E-state index contributed by atoms with van der Waals surface area (Å²) in [4.78, 5) is 16.0. The van der Waals surface area contributed by atoms with E-state index in [0.717, 1.165) is 28.6 Å². The summed E-state index contributed by atoms with van der Waals surface area (Å²) in [6, 6.07) is 5.36. The average Bonchev–Trinajstić information content (AvgIpc) is 2.56. The van der Waals surface area contributed by atoms with Gasteiger partial charge in [-0.15, -0.1) is 0 Å². The van der Waals surface area contributed by atoms with E-state index in [9.17, 15) is 4.79 Å². The van der Waals surface area contributed by atoms with E-state index in [-0.39, 0.29) is 6.03 Å². The summed E-state index contributed by atoms with van der Waals surface area (Å²) in [5, 5.41) is 7.33. The third-order valence-electron chi connectivity index (χ3n) is 3.32. The zero-order valence-corrected chi connectivity index (χ0v) is 13.1. The number of methoxy groups -OCH3 is 2. The summed E-state index contributed by atoms with van der Waals surface area (Å²) in [5.74, 6) is 1.45. The number of ether oxygens (including phenoxy) is 2. The molecule has 6 heteroatoms. The van der Waals surface area contributed by atoms with Crippen LogP contribution in [0.4, 0.5) is 4.79 Å². The maximum atomic E-state index is 11.7. The van der Waals surface area contributed by atoms with E-state index >= 15 is 0 Å². The van der Waals surface area contributed by atoms with Gasteiger partial charge in [-0.25, -0.2) is 4.79 Å². The standard InChI is InChI=1S/C16H21N3O3/c1-4-8-18-16(20)19-10-12-15-11(7-9-17-12)13(21-2)5-6-14(15)22-3/h5-7,9H,4,8,10H2,1-3H3,(H2,18,19,20). The van der Waals surface area contributed by atoms with Crippen molar-refractivity contribution in [3.05, 3.63) is 30.1 Å². The van der Waals surface area contributed by atoms with Crippen LogP contribution in [0.3, 0.4) is 0 Å². The first-order valence-electron chi connectivity index (χ1n) is 7.21. The Morgan fingerprint density at radius 3 is 2.55 bits per heavy atom. The molecule has 0 spiro atoms. The van der Waals surface area contributed by atoms with Crippen molar-refractivity contribution in [3.8, 4) is 11.5 Å². The third-order valence-corrected chi connectivity index (χ3v) is 3.32. The van der Waals surface area contributed by atoms with Crippen LogP contribution < -0.4 is 20.1 Å². The molecule has 1 aromatic heterocycles. The molecule has 6 nitrogen and oxygen atoms in total. The summed E-state index contributed by atoms with van der Waals surface area (Å²) < 4.78 is 10.8. The highest BCUT2D eigenvalue weighted by Gasteiger charge is 2.13. The van der Waals surface area contributed by atoms with Gasteiger partial charge >= 0.3 is 6.03 Å². The minimum atomic E-state index is -0.206. The van der Waals surface area contributed by atoms with Gasteiger partial charge in [-0.3, -0.25) is 4.98 Å². The fourth-order valence-corrected chi connectivity index (χ4v) is 2.26. The number of carbonyl (C=O) groups is 1. The lowest BCUT2D eigenvalue weighted by molar-refractivity contribution is 0.240. The number of carbonyl (C=O) groups excluding carboxylic acids is 1. The van der Waals surface area contributed by atoms with Crippen molar-refractivity contribution in [2.75, 3.05) is 20.8 Å². The van der Waals surface area contributed by atoms with Gasteiger partial charge in [0, 0.05) is 18.1 Å². The Bertz CT molecular complexity index is 658. The van der Waals surface area contributed by atoms with Gasteiger partial charge in [0.1, 0.15) is 11.5 Å². The SMILES string of the molecule is CCCNC(=O)NCc1nccc2c(OC)ccc(OC)c12. The first-order chi connectivity index (χ1) is 10.7. The van der Waals surface area contributed by atoms with Crippen molar-refractivity contribution < 1.29 is 14.3 Å². The van der Waals surface area contributed by atoms with Crippen LogP contribution in [0.25, 0.3) is 10.8 Å². The number of urea groups is 1. The molecule has 22 heavy (non-hydrogen) atoms. The molecule has 0 fully saturated rings. The number of amides is 2. The van der Waals surface area contributed by atoms with Crippen LogP contribution in [-0.2, 0) is 6.54 Å². The second kappa shape index (κ2) is 7.49. The number of hydrogen-bond donors (Lipinski definition) is 2. The molecular formula is C16H21N3O3. The van der Waals surface area contributed by atoms with Gasteiger partial charge in [-0.2, -0.15) is 0 Å². The van der Waals surface area contributed by atoms with Crippen LogP contribution in [-0.4, -0.2) is 31.8 Å². The number of aromatic nitrogens is 1. The summed E-state index contributed by atoms with van der Waals surface area (Å²) in [7, 11) is 3.23. The number of hydrogen-bond acceptors (Lipinski definition) is 4. The average molecular weight is 303 g/mol. The van der Waals surface area contributed by atoms with Crippen molar-refractivity contribution in [3.63, 3.8) is 0 Å². The van der Waals surface area contributed by atoms with Crippen LogP contribution in [0.1, 0.15) is 19.0 Å². The molecule has 0 aliphatic heterocycles. The number of fused-ring (bicyclic) bond motifs is 1. The lowest BCUT2D eigenvalue weighted by Crippen LogP contribution is -2.35. The number of nitrogens with one attached hydrogen (secondary N) is 2. The largest absolute Gasteiger partial charge is 0.496 e. The molecule has 1 heterocycles. The molecule has 0 unspecified atom stereocenters. The Morgan fingerprint density at radius 1 is 1.14 bits per heavy atom. The second-order valence-corrected chi connectivity index (χ2v) is 4.76. The maximum absolute atomic E-state index is 11.7. The number of pyridine rings is 1. The summed E-state index contributed by atoms with van der Waals surface area (Å²) in [6.07, 6.45) is 2.59. The van der Waals surface area contributed by atoms with E-state index in [1.165, 1.54) is 0 Å². The quantitative estimate of drug-likeness (QED) is 0.860. The van der Waals surface area contributed by atoms with Crippen LogP contribution in [0.5, 0.6) is 11.5 Å². The fraction of sp³-hybridized carbons (Fsp3) is 0.375. The molecule has 0 atom stereocenters. The number of nitrogens with zero attached hydrogens (tertiary/aromatic N) is 1. The molecule has 2 amide bonds. The molecule has 0 aliphatic rings. The molecule has 0 saturated heterocycles. The first-order valence-corrected chi connectivity index (χ1v) is 7.21. The van der Waals surface area contributed by atoms with Gasteiger partial charge < -0.3 is 20.1 Å². The molecule has 2 N–H and O–H groups in total. The molecule has 2 rings (SSSR count). The lowest BCUT2D eigenvalue weighted by atomic mass is 10.1. The van der Waals surface area contributed by atoms with Crippen molar-refractivity contribution in [2.45, 2.75) is 19.9 Å². The van der Waals surface area contributed by atoms with E-state index in [1.807, 2.05) is 25.1 Å². The molecule has 2 aromatic rings. The van der Waals surface area contributed by atoms with Gasteiger partial charge in [-0.05, 0) is 24.6 Å². The zero-order chi connectivity index (χ0) is 15.9. The minimum absolute atomic E-state index is 0.206. The normalized spacial score (nSPS) is 10.3. The van der Waals surface area contributed by atoms with Crippen LogP contribution in [0.2, 0.25) is 0 Å². The Balaban J connectivity index is 2.31. The predicted molar refractivity (Wildman–Crippen MR) is 85.4 cm³/mol. The van der Waals surface area contributed by atoms with Crippen molar-refractivity contribution in [1.82, 2.24) is 15.6 Å². The minimum Gasteiger partial charge on any atom is -0.496 e. The molecule has 0 saturated carbocycles. The van der Waals surface area contributed by atoms with E-state index in [4.69, 9.17) is 9.47 Å². The van der Waals surface area contributed by atoms with Crippen LogP contribution in [0.15, 0.2) is 24.4 Å². The summed E-state index contributed by atoms with van der Waals surface area (Å²) in [5.41, 5.74) is 0.736. The van der Waals surface area contributed by atoms with Crippen molar-refractivity contribution in [2.24, 2.45) is 0 Å². The van der Waals surface area contributed by atoms with E-state index in [2.05, 4.69) is 15.6 Å². The van der Waals surface area contributed by atoms with Crippen LogP contribution in [0, 0.1) is 0 Å². The predicted octanol–water partition coefficient (Wildman–Crippen LogP) is 2.46. The Morgan fingerprint density at radius 2 is 1.86 bits per heavy atom. The van der Waals surface area contributed by atoms with Crippen molar-refractivity contribution in [1.29, 1.82) is 0 Å². The van der Waals surface area contributed by atoms with Crippen molar-refractivity contribution >= 4 is 16.8 Å². The van der Waals surface area contributed by atoms with E-state index in [1.54, 1.807) is 20.4 Å². The summed E-state index contributed by atoms with van der Waals surface area (Å²) >= 11 is 0. The third kappa shape index (κ3) is 3.39. The smallest absolute Gasteiger partial charge is 0.315 e. The number of rotatable bonds is 6. The lowest BCUT2D eigenvalue weighted by Gasteiger charge is -2.13. The van der Waals surface area contributed by atoms with E-state index < -0.39 is 0 Å². The molecule has 118 valence electrons. The topological polar surface area (TPSA) is 72.5 Å². The zero-order valence-electron chi connectivity index (χ0n) is 13.1.